The van der Waals surface area contributed by atoms with E-state index in [9.17, 15) is 19.0 Å². The van der Waals surface area contributed by atoms with Crippen molar-refractivity contribution in [2.45, 2.75) is 392 Å². The largest absolute Gasteiger partial charge is 0.472 e. The number of carbonyl (C=O) groups excluding carboxylic acids is 2. The van der Waals surface area contributed by atoms with Gasteiger partial charge in [0.15, 0.2) is 6.10 Å². The second-order valence-electron chi connectivity index (χ2n) is 27.3. The molecule has 0 bridgehead atoms. The number of allylic oxidation sites excluding steroid dienone is 20. The van der Waals surface area contributed by atoms with E-state index in [1.54, 1.807) is 0 Å². The summed E-state index contributed by atoms with van der Waals surface area (Å²) < 4.78 is 33.2. The van der Waals surface area contributed by atoms with Crippen molar-refractivity contribution in [1.29, 1.82) is 0 Å². The number of phosphoric ester groups is 1. The third-order valence-electron chi connectivity index (χ3n) is 17.9. The predicted octanol–water partition coefficient (Wildman–Crippen LogP) is 27.8. The molecule has 0 heterocycles. The van der Waals surface area contributed by atoms with Crippen molar-refractivity contribution in [3.8, 4) is 0 Å². The Morgan fingerprint density at radius 1 is 0.320 bits per heavy atom. The molecule has 0 aromatic heterocycles. The molecule has 0 amide bonds. The molecule has 0 saturated heterocycles. The summed E-state index contributed by atoms with van der Waals surface area (Å²) in [4.78, 5) is 35.4. The molecule has 10 heteroatoms. The van der Waals surface area contributed by atoms with Crippen LogP contribution in [0.5, 0.6) is 0 Å². The second-order valence-corrected chi connectivity index (χ2v) is 28.7. The molecule has 0 aromatic rings. The van der Waals surface area contributed by atoms with E-state index in [0.29, 0.717) is 6.42 Å². The van der Waals surface area contributed by atoms with Crippen LogP contribution in [0, 0.1) is 0 Å². The smallest absolute Gasteiger partial charge is 0.462 e. The zero-order chi connectivity index (χ0) is 70.0. The lowest BCUT2D eigenvalue weighted by atomic mass is 10.0. The van der Waals surface area contributed by atoms with E-state index in [1.165, 1.54) is 244 Å². The molecule has 9 nitrogen and oxygen atoms in total. The highest BCUT2D eigenvalue weighted by molar-refractivity contribution is 7.47. The van der Waals surface area contributed by atoms with Crippen LogP contribution >= 0.6 is 7.82 Å². The molecular formula is C87H154NO8P. The first-order chi connectivity index (χ1) is 47.8. The van der Waals surface area contributed by atoms with Gasteiger partial charge in [-0.25, -0.2) is 4.57 Å². The van der Waals surface area contributed by atoms with E-state index < -0.39 is 26.5 Å². The maximum absolute atomic E-state index is 12.8. The first-order valence-electron chi connectivity index (χ1n) is 41.0. The third-order valence-corrected chi connectivity index (χ3v) is 18.8. The average Bonchev–Trinajstić information content (AvgIpc) is 2.69. The van der Waals surface area contributed by atoms with Crippen LogP contribution in [0.2, 0.25) is 0 Å². The second kappa shape index (κ2) is 81.4. The maximum Gasteiger partial charge on any atom is 0.472 e. The number of phosphoric acid groups is 1. The summed E-state index contributed by atoms with van der Waals surface area (Å²) in [6.45, 7) is 3.64. The molecule has 0 fully saturated rings. The lowest BCUT2D eigenvalue weighted by Gasteiger charge is -2.19. The zero-order valence-electron chi connectivity index (χ0n) is 63.3. The number of unbranched alkanes of at least 4 members (excludes halogenated alkanes) is 44. The van der Waals surface area contributed by atoms with Gasteiger partial charge in [-0.1, -0.05) is 405 Å². The molecule has 0 rings (SSSR count). The van der Waals surface area contributed by atoms with E-state index in [2.05, 4.69) is 135 Å². The molecule has 0 aliphatic heterocycles. The molecule has 97 heavy (non-hydrogen) atoms. The van der Waals surface area contributed by atoms with E-state index in [0.717, 1.165) is 109 Å². The van der Waals surface area contributed by atoms with Crippen LogP contribution in [0.15, 0.2) is 122 Å². The maximum atomic E-state index is 12.8. The normalized spacial score (nSPS) is 13.5. The van der Waals surface area contributed by atoms with Gasteiger partial charge in [-0.3, -0.25) is 18.6 Å². The highest BCUT2D eigenvalue weighted by Crippen LogP contribution is 2.43. The summed E-state index contributed by atoms with van der Waals surface area (Å²) in [5.41, 5.74) is 5.41. The lowest BCUT2D eigenvalue weighted by molar-refractivity contribution is -0.161. The van der Waals surface area contributed by atoms with Crippen molar-refractivity contribution in [3.63, 3.8) is 0 Å². The molecule has 0 radical (unpaired) electrons. The average molecular weight is 1370 g/mol. The van der Waals surface area contributed by atoms with E-state index in [1.807, 2.05) is 0 Å². The number of hydrogen-bond acceptors (Lipinski definition) is 8. The van der Waals surface area contributed by atoms with Gasteiger partial charge in [0, 0.05) is 19.4 Å². The van der Waals surface area contributed by atoms with Gasteiger partial charge in [0.25, 0.3) is 0 Å². The fourth-order valence-electron chi connectivity index (χ4n) is 11.8. The third kappa shape index (κ3) is 81.3. The molecule has 2 unspecified atom stereocenters. The van der Waals surface area contributed by atoms with Crippen LogP contribution in [0.3, 0.4) is 0 Å². The number of rotatable bonds is 77. The Bertz CT molecular complexity index is 2020. The topological polar surface area (TPSA) is 134 Å². The van der Waals surface area contributed by atoms with Crippen molar-refractivity contribution in [3.05, 3.63) is 122 Å². The van der Waals surface area contributed by atoms with Crippen LogP contribution in [0.25, 0.3) is 0 Å². The summed E-state index contributed by atoms with van der Waals surface area (Å²) in [7, 11) is -4.41. The minimum absolute atomic E-state index is 0.0443. The van der Waals surface area contributed by atoms with Gasteiger partial charge in [0.2, 0.25) is 0 Å². The molecule has 0 aliphatic carbocycles. The summed E-state index contributed by atoms with van der Waals surface area (Å²) in [6.07, 6.45) is 115. The highest BCUT2D eigenvalue weighted by atomic mass is 31.2. The van der Waals surface area contributed by atoms with Gasteiger partial charge in [-0.2, -0.15) is 0 Å². The van der Waals surface area contributed by atoms with Gasteiger partial charge in [0.05, 0.1) is 13.2 Å². The number of ether oxygens (including phenoxy) is 2. The van der Waals surface area contributed by atoms with Gasteiger partial charge in [0.1, 0.15) is 6.61 Å². The lowest BCUT2D eigenvalue weighted by Crippen LogP contribution is -2.29. The molecule has 2 atom stereocenters. The molecule has 0 spiro atoms. The molecule has 3 N–H and O–H groups in total. The van der Waals surface area contributed by atoms with Gasteiger partial charge in [-0.15, -0.1) is 0 Å². The quantitative estimate of drug-likeness (QED) is 0.0264. The van der Waals surface area contributed by atoms with Crippen LogP contribution in [0.1, 0.15) is 386 Å². The Hall–Kier alpha value is -3.59. The fraction of sp³-hybridized carbons (Fsp3) is 0.747. The predicted molar refractivity (Wildman–Crippen MR) is 422 cm³/mol. The van der Waals surface area contributed by atoms with E-state index in [4.69, 9.17) is 24.3 Å². The van der Waals surface area contributed by atoms with Crippen LogP contribution < -0.4 is 5.73 Å². The summed E-state index contributed by atoms with van der Waals surface area (Å²) >= 11 is 0. The van der Waals surface area contributed by atoms with Gasteiger partial charge < -0.3 is 20.1 Å². The number of carbonyl (C=O) groups is 2. The zero-order valence-corrected chi connectivity index (χ0v) is 64.2. The van der Waals surface area contributed by atoms with Crippen molar-refractivity contribution >= 4 is 19.8 Å². The Balaban J connectivity index is 3.84. The number of esters is 2. The van der Waals surface area contributed by atoms with E-state index in [-0.39, 0.29) is 38.6 Å². The fourth-order valence-corrected chi connectivity index (χ4v) is 12.6. The van der Waals surface area contributed by atoms with Crippen LogP contribution in [-0.2, 0) is 32.7 Å². The standard InChI is InChI=1S/C87H154NO8P/c1-3-5-7-9-11-13-15-17-19-21-23-25-27-29-31-33-35-37-39-40-41-42-43-44-46-47-49-51-53-55-57-59-61-63-65-67-69-71-73-75-77-79-86(89)93-83-85(84-95-97(91,92)94-82-81-88)96-87(90)80-78-76-74-72-70-68-66-64-62-60-58-56-54-52-50-48-45-38-36-34-32-30-28-26-24-22-20-18-16-14-12-10-8-6-4-2/h6,8,12,14,18,20,24,26,30,32,36,38,48,50,54,56,60,62,66,68,85H,3-5,7,9-11,13,15-17,19,21-23,25,27-29,31,33-35,37,39-47,49,51-53,55,57-59,61,63-65,67,69-84,88H2,1-2H3,(H,91,92)/b8-6-,14-12-,20-18-,26-24-,32-30-,38-36-,50-48-,56-54-,62-60-,68-66-. The van der Waals surface area contributed by atoms with Crippen LogP contribution in [-0.4, -0.2) is 49.3 Å². The van der Waals surface area contributed by atoms with Crippen molar-refractivity contribution in [1.82, 2.24) is 0 Å². The van der Waals surface area contributed by atoms with Crippen LogP contribution in [0.4, 0.5) is 0 Å². The minimum Gasteiger partial charge on any atom is -0.462 e. The summed E-state index contributed by atoms with van der Waals surface area (Å²) in [5, 5.41) is 0. The van der Waals surface area contributed by atoms with Crippen molar-refractivity contribution in [2.24, 2.45) is 5.73 Å². The summed E-state index contributed by atoms with van der Waals surface area (Å²) in [5.74, 6) is -0.850. The molecule has 0 aliphatic rings. The number of hydrogen-bond donors (Lipinski definition) is 2. The molecular weight excluding hydrogens is 1220 g/mol. The van der Waals surface area contributed by atoms with Gasteiger partial charge in [-0.05, 0) is 89.9 Å². The SMILES string of the molecule is CC/C=C\C/C=C\C/C=C\C/C=C\C/C=C\C/C=C\C/C=C\C/C=C\C/C=C\C/C=C\CCCCCCC(=O)OC(COC(=O)CCCCCCCCCCCCCCCCCCCCCCCCCCCCCCCCCCCCCCCCCCC)COP(=O)(O)OCCN. The molecule has 0 aromatic carbocycles. The highest BCUT2D eigenvalue weighted by Gasteiger charge is 2.26. The number of nitrogens with two attached hydrogens (primary N) is 1. The molecule has 0 saturated carbocycles. The Kier molecular flexibility index (Phi) is 78.4. The van der Waals surface area contributed by atoms with Gasteiger partial charge >= 0.3 is 19.8 Å². The van der Waals surface area contributed by atoms with E-state index >= 15 is 0 Å². The minimum atomic E-state index is -4.41. The first kappa shape index (κ1) is 93.4. The monoisotopic (exact) mass is 1370 g/mol. The Labute approximate surface area is 600 Å². The van der Waals surface area contributed by atoms with Crippen molar-refractivity contribution in [2.75, 3.05) is 26.4 Å². The molecule has 560 valence electrons. The first-order valence-corrected chi connectivity index (χ1v) is 42.5. The Morgan fingerprint density at radius 3 is 0.845 bits per heavy atom. The van der Waals surface area contributed by atoms with Crippen molar-refractivity contribution < 1.29 is 37.6 Å². The summed E-state index contributed by atoms with van der Waals surface area (Å²) in [6, 6.07) is 0. The Morgan fingerprint density at radius 2 is 0.567 bits per heavy atom.